The molecule has 0 saturated heterocycles. The first kappa shape index (κ1) is 17.9. The van der Waals surface area contributed by atoms with Gasteiger partial charge in [-0.15, -0.1) is 11.3 Å². The van der Waals surface area contributed by atoms with Gasteiger partial charge in [0.1, 0.15) is 16.4 Å². The lowest BCUT2D eigenvalue weighted by atomic mass is 10.2. The van der Waals surface area contributed by atoms with E-state index in [1.165, 1.54) is 11.3 Å². The molecule has 4 aromatic rings. The number of aromatic nitrogens is 3. The van der Waals surface area contributed by atoms with Crippen molar-refractivity contribution in [3.05, 3.63) is 59.0 Å². The summed E-state index contributed by atoms with van der Waals surface area (Å²) in [6.45, 7) is 2.48. The molecule has 0 spiro atoms. The highest BCUT2D eigenvalue weighted by molar-refractivity contribution is 7.12. The molecule has 0 unspecified atom stereocenters. The molecule has 0 aliphatic rings. The van der Waals surface area contributed by atoms with Crippen LogP contribution in [-0.2, 0) is 0 Å². The summed E-state index contributed by atoms with van der Waals surface area (Å²) in [5.74, 6) is 1.32. The summed E-state index contributed by atoms with van der Waals surface area (Å²) >= 11 is 1.28. The number of amides is 1. The predicted molar refractivity (Wildman–Crippen MR) is 110 cm³/mol. The number of nitrogens with one attached hydrogen (secondary N) is 1. The lowest BCUT2D eigenvalue weighted by Gasteiger charge is -2.12. The van der Waals surface area contributed by atoms with E-state index in [1.807, 2.05) is 37.3 Å². The number of carbonyl (C=O) groups is 1. The smallest absolute Gasteiger partial charge is 0.260 e. The number of primary amides is 1. The van der Waals surface area contributed by atoms with Gasteiger partial charge in [0.05, 0.1) is 17.8 Å². The molecule has 1 aromatic carbocycles. The minimum absolute atomic E-state index is 0.440. The number of pyridine rings is 1. The minimum atomic E-state index is -0.488. The van der Waals surface area contributed by atoms with Gasteiger partial charge in [-0.2, -0.15) is 0 Å². The Hall–Kier alpha value is -3.52. The first-order valence-electron chi connectivity index (χ1n) is 8.65. The third kappa shape index (κ3) is 3.49. The topological polar surface area (TPSA) is 103 Å². The molecular formula is C20H17N5O2S. The van der Waals surface area contributed by atoms with Gasteiger partial charge in [-0.05, 0) is 48.7 Å². The number of hydrogen-bond acceptors (Lipinski definition) is 7. The van der Waals surface area contributed by atoms with Gasteiger partial charge in [-0.1, -0.05) is 0 Å². The molecule has 0 radical (unpaired) electrons. The van der Waals surface area contributed by atoms with Crippen molar-refractivity contribution in [3.63, 3.8) is 0 Å². The zero-order chi connectivity index (χ0) is 19.5. The normalized spacial score (nSPS) is 10.8. The summed E-state index contributed by atoms with van der Waals surface area (Å²) in [4.78, 5) is 25.6. The van der Waals surface area contributed by atoms with Crippen molar-refractivity contribution in [2.75, 3.05) is 11.9 Å². The number of carbonyl (C=O) groups excluding carboxylic acids is 1. The lowest BCUT2D eigenvalue weighted by Crippen LogP contribution is -2.11. The largest absolute Gasteiger partial charge is 0.494 e. The molecule has 3 aromatic heterocycles. The highest BCUT2D eigenvalue weighted by Gasteiger charge is 2.15. The molecule has 0 atom stereocenters. The Labute approximate surface area is 165 Å². The van der Waals surface area contributed by atoms with Crippen LogP contribution < -0.4 is 15.8 Å². The first-order valence-corrected chi connectivity index (χ1v) is 9.53. The van der Waals surface area contributed by atoms with Crippen molar-refractivity contribution in [2.45, 2.75) is 6.92 Å². The van der Waals surface area contributed by atoms with Crippen LogP contribution in [0.3, 0.4) is 0 Å². The van der Waals surface area contributed by atoms with Gasteiger partial charge < -0.3 is 15.8 Å². The second-order valence-electron chi connectivity index (χ2n) is 5.90. The fourth-order valence-corrected chi connectivity index (χ4v) is 3.51. The van der Waals surface area contributed by atoms with Gasteiger partial charge in [0.2, 0.25) is 0 Å². The molecule has 8 heteroatoms. The standard InChI is InChI=1S/C20H17N5O2S/c1-2-27-13-5-6-15-14(10-13)20(24-16-7-9-28-17(16)18(21)26)25-19(23-15)12-4-3-8-22-11-12/h3-11H,2H2,1H3,(H2,21,26)(H,23,24,25). The number of thiophene rings is 1. The Balaban J connectivity index is 1.88. The Bertz CT molecular complexity index is 1140. The summed E-state index contributed by atoms with van der Waals surface area (Å²) < 4.78 is 5.62. The van der Waals surface area contributed by atoms with Crippen molar-refractivity contribution < 1.29 is 9.53 Å². The van der Waals surface area contributed by atoms with Gasteiger partial charge in [0.15, 0.2) is 5.82 Å². The number of anilines is 2. The fraction of sp³-hybridized carbons (Fsp3) is 0.100. The Kier molecular flexibility index (Phi) is 4.86. The quantitative estimate of drug-likeness (QED) is 0.515. The van der Waals surface area contributed by atoms with E-state index < -0.39 is 5.91 Å². The third-order valence-corrected chi connectivity index (χ3v) is 4.97. The highest BCUT2D eigenvalue weighted by atomic mass is 32.1. The molecule has 0 saturated carbocycles. The van der Waals surface area contributed by atoms with E-state index in [0.29, 0.717) is 28.8 Å². The summed E-state index contributed by atoms with van der Waals surface area (Å²) in [5.41, 5.74) is 7.63. The van der Waals surface area contributed by atoms with Gasteiger partial charge in [-0.25, -0.2) is 9.97 Å². The molecule has 1 amide bonds. The number of fused-ring (bicyclic) bond motifs is 1. The summed E-state index contributed by atoms with van der Waals surface area (Å²) in [6, 6.07) is 11.2. The maximum absolute atomic E-state index is 11.7. The van der Waals surface area contributed by atoms with E-state index in [9.17, 15) is 4.79 Å². The molecule has 0 bridgehead atoms. The molecule has 7 nitrogen and oxygen atoms in total. The Morgan fingerprint density at radius 2 is 2.14 bits per heavy atom. The summed E-state index contributed by atoms with van der Waals surface area (Å²) in [6.07, 6.45) is 3.40. The van der Waals surface area contributed by atoms with Gasteiger partial charge in [0.25, 0.3) is 5.91 Å². The molecule has 3 heterocycles. The molecule has 3 N–H and O–H groups in total. The maximum atomic E-state index is 11.7. The molecule has 140 valence electrons. The van der Waals surface area contributed by atoms with Crippen molar-refractivity contribution >= 4 is 39.7 Å². The van der Waals surface area contributed by atoms with Crippen molar-refractivity contribution in [2.24, 2.45) is 5.73 Å². The minimum Gasteiger partial charge on any atom is -0.494 e. The van der Waals surface area contributed by atoms with Crippen LogP contribution in [0.4, 0.5) is 11.5 Å². The molecule has 28 heavy (non-hydrogen) atoms. The molecule has 0 aliphatic carbocycles. The van der Waals surface area contributed by atoms with Crippen LogP contribution in [0.15, 0.2) is 54.2 Å². The van der Waals surface area contributed by atoms with Gasteiger partial charge >= 0.3 is 0 Å². The van der Waals surface area contributed by atoms with E-state index in [4.69, 9.17) is 10.5 Å². The van der Waals surface area contributed by atoms with Crippen LogP contribution in [-0.4, -0.2) is 27.5 Å². The zero-order valence-corrected chi connectivity index (χ0v) is 15.9. The zero-order valence-electron chi connectivity index (χ0n) is 15.0. The number of benzene rings is 1. The van der Waals surface area contributed by atoms with Crippen molar-refractivity contribution in [1.82, 2.24) is 15.0 Å². The maximum Gasteiger partial charge on any atom is 0.260 e. The summed E-state index contributed by atoms with van der Waals surface area (Å²) in [5, 5.41) is 5.82. The second kappa shape index (κ2) is 7.61. The van der Waals surface area contributed by atoms with E-state index in [-0.39, 0.29) is 0 Å². The number of hydrogen-bond donors (Lipinski definition) is 2. The monoisotopic (exact) mass is 391 g/mol. The Morgan fingerprint density at radius 3 is 2.89 bits per heavy atom. The average Bonchev–Trinajstić information content (AvgIpc) is 3.17. The van der Waals surface area contributed by atoms with Gasteiger partial charge in [0, 0.05) is 23.3 Å². The van der Waals surface area contributed by atoms with Crippen LogP contribution in [0.1, 0.15) is 16.6 Å². The van der Waals surface area contributed by atoms with E-state index in [2.05, 4.69) is 20.3 Å². The SMILES string of the molecule is CCOc1ccc2nc(-c3cccnc3)nc(Nc3ccsc3C(N)=O)c2c1. The van der Waals surface area contributed by atoms with E-state index in [0.717, 1.165) is 22.2 Å². The fourth-order valence-electron chi connectivity index (χ4n) is 2.81. The number of nitrogens with zero attached hydrogens (tertiary/aromatic N) is 3. The van der Waals surface area contributed by atoms with E-state index in [1.54, 1.807) is 23.8 Å². The Morgan fingerprint density at radius 1 is 1.25 bits per heavy atom. The predicted octanol–water partition coefficient (Wildman–Crippen LogP) is 3.99. The van der Waals surface area contributed by atoms with Crippen molar-refractivity contribution in [3.8, 4) is 17.1 Å². The summed E-state index contributed by atoms with van der Waals surface area (Å²) in [7, 11) is 0. The van der Waals surface area contributed by atoms with Crippen LogP contribution in [0.5, 0.6) is 5.75 Å². The average molecular weight is 391 g/mol. The second-order valence-corrected chi connectivity index (χ2v) is 6.82. The number of nitrogens with two attached hydrogens (primary N) is 1. The van der Waals surface area contributed by atoms with Crippen LogP contribution in [0.25, 0.3) is 22.3 Å². The third-order valence-electron chi connectivity index (χ3n) is 4.04. The van der Waals surface area contributed by atoms with E-state index >= 15 is 0 Å². The van der Waals surface area contributed by atoms with Crippen LogP contribution in [0.2, 0.25) is 0 Å². The lowest BCUT2D eigenvalue weighted by molar-refractivity contribution is 0.100. The molecular weight excluding hydrogens is 374 g/mol. The van der Waals surface area contributed by atoms with Crippen LogP contribution in [0, 0.1) is 0 Å². The molecule has 0 aliphatic heterocycles. The molecule has 4 rings (SSSR count). The molecule has 0 fully saturated rings. The number of rotatable bonds is 6. The van der Waals surface area contributed by atoms with Crippen molar-refractivity contribution in [1.29, 1.82) is 0 Å². The highest BCUT2D eigenvalue weighted by Crippen LogP contribution is 2.32. The van der Waals surface area contributed by atoms with Gasteiger partial charge in [-0.3, -0.25) is 9.78 Å². The van der Waals surface area contributed by atoms with Crippen LogP contribution >= 0.6 is 11.3 Å². The number of ether oxygens (including phenoxy) is 1. The first-order chi connectivity index (χ1) is 13.7.